The zero-order chi connectivity index (χ0) is 16.8. The first-order chi connectivity index (χ1) is 11.8. The SMILES string of the molecule is COc1nc(N(C)Cc2ccncc2)nc(N2CCCCCC2)n1. The predicted molar refractivity (Wildman–Crippen MR) is 93.4 cm³/mol. The number of pyridine rings is 1. The van der Waals surface area contributed by atoms with Crippen molar-refractivity contribution in [2.45, 2.75) is 32.2 Å². The lowest BCUT2D eigenvalue weighted by molar-refractivity contribution is 0.378. The van der Waals surface area contributed by atoms with E-state index in [0.29, 0.717) is 24.5 Å². The van der Waals surface area contributed by atoms with E-state index in [1.54, 1.807) is 19.5 Å². The lowest BCUT2D eigenvalue weighted by Gasteiger charge is -2.23. The smallest absolute Gasteiger partial charge is 0.322 e. The van der Waals surface area contributed by atoms with Gasteiger partial charge in [-0.3, -0.25) is 4.98 Å². The summed E-state index contributed by atoms with van der Waals surface area (Å²) < 4.78 is 5.29. The zero-order valence-electron chi connectivity index (χ0n) is 14.4. The monoisotopic (exact) mass is 328 g/mol. The number of ether oxygens (including phenoxy) is 1. The Kier molecular flexibility index (Phi) is 5.40. The molecule has 0 aromatic carbocycles. The summed E-state index contributed by atoms with van der Waals surface area (Å²) in [4.78, 5) is 21.8. The van der Waals surface area contributed by atoms with E-state index in [9.17, 15) is 0 Å². The standard InChI is InChI=1S/C17H24N6O/c1-22(13-14-7-9-18-10-8-14)15-19-16(21-17(20-15)24-2)23-11-5-3-4-6-12-23/h7-10H,3-6,11-13H2,1-2H3. The minimum atomic E-state index is 0.362. The third kappa shape index (κ3) is 4.10. The number of hydrogen-bond acceptors (Lipinski definition) is 7. The minimum absolute atomic E-state index is 0.362. The predicted octanol–water partition coefficient (Wildman–Crippen LogP) is 2.29. The average Bonchev–Trinajstić information content (AvgIpc) is 2.91. The summed E-state index contributed by atoms with van der Waals surface area (Å²) in [5, 5.41) is 0. The number of anilines is 2. The molecule has 128 valence electrons. The fourth-order valence-electron chi connectivity index (χ4n) is 2.84. The number of rotatable bonds is 5. The van der Waals surface area contributed by atoms with Crippen molar-refractivity contribution >= 4 is 11.9 Å². The van der Waals surface area contributed by atoms with Crippen LogP contribution in [0.4, 0.5) is 11.9 Å². The van der Waals surface area contributed by atoms with Gasteiger partial charge in [0.1, 0.15) is 0 Å². The largest absolute Gasteiger partial charge is 0.467 e. The van der Waals surface area contributed by atoms with Gasteiger partial charge in [0.05, 0.1) is 7.11 Å². The summed E-state index contributed by atoms with van der Waals surface area (Å²) in [6.45, 7) is 2.68. The van der Waals surface area contributed by atoms with Crippen LogP contribution in [0, 0.1) is 0 Å². The first-order valence-corrected chi connectivity index (χ1v) is 8.41. The molecular weight excluding hydrogens is 304 g/mol. The molecule has 0 amide bonds. The Hall–Kier alpha value is -2.44. The number of nitrogens with zero attached hydrogens (tertiary/aromatic N) is 6. The Morgan fingerprint density at radius 1 is 1.04 bits per heavy atom. The lowest BCUT2D eigenvalue weighted by atomic mass is 10.2. The summed E-state index contributed by atoms with van der Waals surface area (Å²) in [7, 11) is 3.57. The van der Waals surface area contributed by atoms with Gasteiger partial charge in [-0.05, 0) is 30.5 Å². The van der Waals surface area contributed by atoms with Crippen LogP contribution >= 0.6 is 0 Å². The molecule has 0 unspecified atom stereocenters. The number of aromatic nitrogens is 4. The van der Waals surface area contributed by atoms with E-state index in [2.05, 4.69) is 24.8 Å². The van der Waals surface area contributed by atoms with Crippen molar-refractivity contribution in [3.63, 3.8) is 0 Å². The summed E-state index contributed by atoms with van der Waals surface area (Å²) in [5.41, 5.74) is 1.16. The van der Waals surface area contributed by atoms with Crippen molar-refractivity contribution in [2.24, 2.45) is 0 Å². The minimum Gasteiger partial charge on any atom is -0.467 e. The first kappa shape index (κ1) is 16.4. The maximum atomic E-state index is 5.29. The van der Waals surface area contributed by atoms with Crippen LogP contribution in [-0.2, 0) is 6.54 Å². The highest BCUT2D eigenvalue weighted by molar-refractivity contribution is 5.40. The highest BCUT2D eigenvalue weighted by Gasteiger charge is 2.17. The number of hydrogen-bond donors (Lipinski definition) is 0. The molecule has 24 heavy (non-hydrogen) atoms. The second-order valence-electron chi connectivity index (χ2n) is 6.03. The first-order valence-electron chi connectivity index (χ1n) is 8.41. The van der Waals surface area contributed by atoms with E-state index in [-0.39, 0.29) is 0 Å². The summed E-state index contributed by atoms with van der Waals surface area (Å²) in [6, 6.07) is 4.34. The summed E-state index contributed by atoms with van der Waals surface area (Å²) in [6.07, 6.45) is 8.48. The molecule has 1 aliphatic heterocycles. The highest BCUT2D eigenvalue weighted by atomic mass is 16.5. The van der Waals surface area contributed by atoms with Gasteiger partial charge >= 0.3 is 6.01 Å². The Morgan fingerprint density at radius 3 is 2.42 bits per heavy atom. The van der Waals surface area contributed by atoms with Gasteiger partial charge < -0.3 is 14.5 Å². The van der Waals surface area contributed by atoms with Gasteiger partial charge in [-0.15, -0.1) is 0 Å². The van der Waals surface area contributed by atoms with Crippen molar-refractivity contribution in [1.29, 1.82) is 0 Å². The molecule has 1 saturated heterocycles. The van der Waals surface area contributed by atoms with Gasteiger partial charge in [0, 0.05) is 39.1 Å². The van der Waals surface area contributed by atoms with E-state index in [1.807, 2.05) is 24.1 Å². The van der Waals surface area contributed by atoms with Crippen molar-refractivity contribution in [2.75, 3.05) is 37.0 Å². The van der Waals surface area contributed by atoms with Crippen LogP contribution < -0.4 is 14.5 Å². The maximum Gasteiger partial charge on any atom is 0.322 e. The third-order valence-corrected chi connectivity index (χ3v) is 4.17. The van der Waals surface area contributed by atoms with E-state index in [4.69, 9.17) is 4.74 Å². The Morgan fingerprint density at radius 2 is 1.75 bits per heavy atom. The zero-order valence-corrected chi connectivity index (χ0v) is 14.4. The fraction of sp³-hybridized carbons (Fsp3) is 0.529. The van der Waals surface area contributed by atoms with E-state index in [1.165, 1.54) is 25.7 Å². The molecule has 0 spiro atoms. The van der Waals surface area contributed by atoms with Gasteiger partial charge in [0.2, 0.25) is 11.9 Å². The molecule has 2 aromatic rings. The molecule has 0 aliphatic carbocycles. The topological polar surface area (TPSA) is 67.3 Å². The van der Waals surface area contributed by atoms with Gasteiger partial charge in [-0.2, -0.15) is 15.0 Å². The number of methoxy groups -OCH3 is 1. The van der Waals surface area contributed by atoms with Crippen LogP contribution in [0.3, 0.4) is 0 Å². The van der Waals surface area contributed by atoms with Gasteiger partial charge in [-0.25, -0.2) is 0 Å². The molecule has 3 rings (SSSR count). The van der Waals surface area contributed by atoms with Crippen LogP contribution in [0.2, 0.25) is 0 Å². The van der Waals surface area contributed by atoms with Gasteiger partial charge in [-0.1, -0.05) is 12.8 Å². The molecular formula is C17H24N6O. The van der Waals surface area contributed by atoms with E-state index in [0.717, 1.165) is 18.7 Å². The van der Waals surface area contributed by atoms with Crippen LogP contribution in [-0.4, -0.2) is 47.2 Å². The quantitative estimate of drug-likeness (QED) is 0.834. The molecule has 0 atom stereocenters. The summed E-state index contributed by atoms with van der Waals surface area (Å²) >= 11 is 0. The van der Waals surface area contributed by atoms with Crippen molar-refractivity contribution < 1.29 is 4.74 Å². The lowest BCUT2D eigenvalue weighted by Crippen LogP contribution is -2.28. The molecule has 1 aliphatic rings. The van der Waals surface area contributed by atoms with Crippen molar-refractivity contribution in [1.82, 2.24) is 19.9 Å². The van der Waals surface area contributed by atoms with Crippen LogP contribution in [0.5, 0.6) is 6.01 Å². The van der Waals surface area contributed by atoms with Crippen LogP contribution in [0.25, 0.3) is 0 Å². The van der Waals surface area contributed by atoms with Gasteiger partial charge in [0.15, 0.2) is 0 Å². The third-order valence-electron chi connectivity index (χ3n) is 4.17. The molecule has 7 heteroatoms. The molecule has 0 saturated carbocycles. The second-order valence-corrected chi connectivity index (χ2v) is 6.03. The average molecular weight is 328 g/mol. The van der Waals surface area contributed by atoms with Crippen molar-refractivity contribution in [3.8, 4) is 6.01 Å². The van der Waals surface area contributed by atoms with Gasteiger partial charge in [0.25, 0.3) is 0 Å². The molecule has 1 fully saturated rings. The summed E-state index contributed by atoms with van der Waals surface area (Å²) in [5.74, 6) is 1.33. The molecule has 2 aromatic heterocycles. The maximum absolute atomic E-state index is 5.29. The second kappa shape index (κ2) is 7.90. The molecule has 0 radical (unpaired) electrons. The highest BCUT2D eigenvalue weighted by Crippen LogP contribution is 2.21. The van der Waals surface area contributed by atoms with E-state index < -0.39 is 0 Å². The molecule has 0 bridgehead atoms. The van der Waals surface area contributed by atoms with Crippen molar-refractivity contribution in [3.05, 3.63) is 30.1 Å². The normalized spacial score (nSPS) is 15.0. The van der Waals surface area contributed by atoms with Crippen LogP contribution in [0.15, 0.2) is 24.5 Å². The molecule has 7 nitrogen and oxygen atoms in total. The Labute approximate surface area is 142 Å². The molecule has 3 heterocycles. The van der Waals surface area contributed by atoms with E-state index >= 15 is 0 Å². The Bertz CT molecular complexity index is 643. The fourth-order valence-corrected chi connectivity index (χ4v) is 2.84. The Balaban J connectivity index is 1.82. The van der Waals surface area contributed by atoms with Crippen LogP contribution in [0.1, 0.15) is 31.2 Å². The molecule has 0 N–H and O–H groups in total.